The number of aryl methyl sites for hydroxylation is 2. The van der Waals surface area contributed by atoms with E-state index in [-0.39, 0.29) is 0 Å². The van der Waals surface area contributed by atoms with Gasteiger partial charge in [-0.1, -0.05) is 0 Å². The highest BCUT2D eigenvalue weighted by molar-refractivity contribution is 8.06. The molecular formula is C12H21N3S2. The Labute approximate surface area is 112 Å². The first kappa shape index (κ1) is 13.3. The summed E-state index contributed by atoms with van der Waals surface area (Å²) in [5.41, 5.74) is 1.35. The van der Waals surface area contributed by atoms with Crippen LogP contribution in [0.2, 0.25) is 0 Å². The molecule has 0 aliphatic carbocycles. The molecule has 0 radical (unpaired) electrons. The maximum absolute atomic E-state index is 4.22. The normalized spacial score (nSPS) is 22.6. The van der Waals surface area contributed by atoms with E-state index in [1.54, 1.807) is 0 Å². The fourth-order valence-corrected chi connectivity index (χ4v) is 5.15. The summed E-state index contributed by atoms with van der Waals surface area (Å²) in [6, 6.07) is 0.632. The molecule has 0 spiro atoms. The highest BCUT2D eigenvalue weighted by Crippen LogP contribution is 2.27. The minimum atomic E-state index is 0.632. The number of rotatable bonds is 5. The maximum Gasteiger partial charge on any atom is 0.0521 e. The number of aromatic nitrogens is 2. The average molecular weight is 271 g/mol. The van der Waals surface area contributed by atoms with Crippen LogP contribution in [0.25, 0.3) is 0 Å². The van der Waals surface area contributed by atoms with E-state index in [0.29, 0.717) is 6.04 Å². The third-order valence-electron chi connectivity index (χ3n) is 3.16. The van der Waals surface area contributed by atoms with E-state index in [2.05, 4.69) is 47.2 Å². The molecule has 2 unspecified atom stereocenters. The standard InChI is InChI=1S/C12H21N3S2/c1-13-11(12-9-16-5-6-17-12)4-3-10-7-14-15(2)8-10/h7-8,11-13H,3-6,9H2,1-2H3. The Bertz CT molecular complexity index is 334. The van der Waals surface area contributed by atoms with Crippen molar-refractivity contribution < 1.29 is 0 Å². The van der Waals surface area contributed by atoms with Crippen LogP contribution in [0.1, 0.15) is 12.0 Å². The molecule has 1 saturated heterocycles. The maximum atomic E-state index is 4.22. The van der Waals surface area contributed by atoms with Gasteiger partial charge in [0.2, 0.25) is 0 Å². The van der Waals surface area contributed by atoms with E-state index >= 15 is 0 Å². The summed E-state index contributed by atoms with van der Waals surface area (Å²) >= 11 is 4.23. The molecule has 5 heteroatoms. The Morgan fingerprint density at radius 3 is 3.06 bits per heavy atom. The van der Waals surface area contributed by atoms with Gasteiger partial charge in [-0.3, -0.25) is 4.68 Å². The molecule has 1 aromatic rings. The Balaban J connectivity index is 1.82. The molecule has 0 aromatic carbocycles. The summed E-state index contributed by atoms with van der Waals surface area (Å²) in [4.78, 5) is 0. The SMILES string of the molecule is CNC(CCc1cnn(C)c1)C1CSCCS1. The molecule has 17 heavy (non-hydrogen) atoms. The van der Waals surface area contributed by atoms with Crippen molar-refractivity contribution in [1.29, 1.82) is 0 Å². The van der Waals surface area contributed by atoms with Crippen LogP contribution >= 0.6 is 23.5 Å². The number of hydrogen-bond acceptors (Lipinski definition) is 4. The van der Waals surface area contributed by atoms with Crippen molar-refractivity contribution in [3.05, 3.63) is 18.0 Å². The van der Waals surface area contributed by atoms with Crippen molar-refractivity contribution in [2.75, 3.05) is 24.3 Å². The fourth-order valence-electron chi connectivity index (χ4n) is 2.18. The number of nitrogens with zero attached hydrogens (tertiary/aromatic N) is 2. The third kappa shape index (κ3) is 3.93. The first-order chi connectivity index (χ1) is 8.29. The lowest BCUT2D eigenvalue weighted by Gasteiger charge is -2.29. The first-order valence-electron chi connectivity index (χ1n) is 6.13. The summed E-state index contributed by atoms with van der Waals surface area (Å²) in [5.74, 6) is 3.92. The highest BCUT2D eigenvalue weighted by Gasteiger charge is 2.23. The molecule has 2 heterocycles. The molecule has 2 atom stereocenters. The zero-order valence-electron chi connectivity index (χ0n) is 10.6. The molecule has 3 nitrogen and oxygen atoms in total. The lowest BCUT2D eigenvalue weighted by atomic mass is 10.1. The predicted molar refractivity (Wildman–Crippen MR) is 77.9 cm³/mol. The summed E-state index contributed by atoms with van der Waals surface area (Å²) < 4.78 is 1.88. The van der Waals surface area contributed by atoms with Gasteiger partial charge >= 0.3 is 0 Å². The van der Waals surface area contributed by atoms with Crippen molar-refractivity contribution in [1.82, 2.24) is 15.1 Å². The van der Waals surface area contributed by atoms with Gasteiger partial charge in [0.15, 0.2) is 0 Å². The van der Waals surface area contributed by atoms with Crippen LogP contribution in [0.3, 0.4) is 0 Å². The van der Waals surface area contributed by atoms with Gasteiger partial charge in [-0.2, -0.15) is 28.6 Å². The second-order valence-electron chi connectivity index (χ2n) is 4.44. The van der Waals surface area contributed by atoms with E-state index in [4.69, 9.17) is 0 Å². The molecule has 1 fully saturated rings. The van der Waals surface area contributed by atoms with Crippen molar-refractivity contribution in [2.24, 2.45) is 7.05 Å². The molecule has 1 aliphatic heterocycles. The summed E-state index contributed by atoms with van der Waals surface area (Å²) in [7, 11) is 4.07. The average Bonchev–Trinajstić information content (AvgIpc) is 2.77. The molecule has 1 N–H and O–H groups in total. The lowest BCUT2D eigenvalue weighted by Crippen LogP contribution is -2.39. The van der Waals surface area contributed by atoms with Gasteiger partial charge in [0.05, 0.1) is 6.20 Å². The van der Waals surface area contributed by atoms with Crippen LogP contribution in [-0.2, 0) is 13.5 Å². The third-order valence-corrected chi connectivity index (χ3v) is 6.08. The van der Waals surface area contributed by atoms with Crippen LogP contribution in [-0.4, -0.2) is 45.4 Å². The molecule has 1 aliphatic rings. The topological polar surface area (TPSA) is 29.9 Å². The predicted octanol–water partition coefficient (Wildman–Crippen LogP) is 1.79. The fraction of sp³-hybridized carbons (Fsp3) is 0.750. The monoisotopic (exact) mass is 271 g/mol. The van der Waals surface area contributed by atoms with Gasteiger partial charge in [-0.25, -0.2) is 0 Å². The van der Waals surface area contributed by atoms with Crippen LogP contribution in [0.5, 0.6) is 0 Å². The lowest BCUT2D eigenvalue weighted by molar-refractivity contribution is 0.521. The molecule has 0 saturated carbocycles. The van der Waals surface area contributed by atoms with Gasteiger partial charge in [-0.15, -0.1) is 0 Å². The van der Waals surface area contributed by atoms with Gasteiger partial charge < -0.3 is 5.32 Å². The molecule has 2 rings (SSSR count). The quantitative estimate of drug-likeness (QED) is 0.884. The highest BCUT2D eigenvalue weighted by atomic mass is 32.2. The van der Waals surface area contributed by atoms with Crippen molar-refractivity contribution in [2.45, 2.75) is 24.1 Å². The second-order valence-corrected chi connectivity index (χ2v) is 6.94. The van der Waals surface area contributed by atoms with Crippen molar-refractivity contribution >= 4 is 23.5 Å². The van der Waals surface area contributed by atoms with E-state index in [1.165, 1.54) is 29.2 Å². The van der Waals surface area contributed by atoms with Crippen LogP contribution in [0.4, 0.5) is 0 Å². The van der Waals surface area contributed by atoms with Crippen molar-refractivity contribution in [3.8, 4) is 0 Å². The zero-order valence-corrected chi connectivity index (χ0v) is 12.2. The first-order valence-corrected chi connectivity index (χ1v) is 8.34. The van der Waals surface area contributed by atoms with E-state index < -0.39 is 0 Å². The second kappa shape index (κ2) is 6.71. The minimum Gasteiger partial charge on any atom is -0.316 e. The van der Waals surface area contributed by atoms with E-state index in [0.717, 1.165) is 11.7 Å². The Morgan fingerprint density at radius 1 is 1.59 bits per heavy atom. The summed E-state index contributed by atoms with van der Waals surface area (Å²) in [6.07, 6.45) is 6.44. The molecular weight excluding hydrogens is 250 g/mol. The Hall–Kier alpha value is -0.130. The molecule has 0 bridgehead atoms. The Kier molecular flexibility index (Phi) is 5.25. The van der Waals surface area contributed by atoms with E-state index in [1.807, 2.05) is 17.9 Å². The smallest absolute Gasteiger partial charge is 0.0521 e. The van der Waals surface area contributed by atoms with Gasteiger partial charge in [0, 0.05) is 41.8 Å². The molecule has 96 valence electrons. The van der Waals surface area contributed by atoms with Gasteiger partial charge in [0.1, 0.15) is 0 Å². The van der Waals surface area contributed by atoms with Crippen LogP contribution in [0, 0.1) is 0 Å². The number of hydrogen-bond donors (Lipinski definition) is 1. The largest absolute Gasteiger partial charge is 0.316 e. The zero-order chi connectivity index (χ0) is 12.1. The summed E-state index contributed by atoms with van der Waals surface area (Å²) in [6.45, 7) is 0. The minimum absolute atomic E-state index is 0.632. The van der Waals surface area contributed by atoms with Crippen LogP contribution < -0.4 is 5.32 Å². The summed E-state index contributed by atoms with van der Waals surface area (Å²) in [5, 5.41) is 8.48. The number of thioether (sulfide) groups is 2. The number of nitrogens with one attached hydrogen (secondary N) is 1. The van der Waals surface area contributed by atoms with E-state index in [9.17, 15) is 0 Å². The molecule has 1 aromatic heterocycles. The van der Waals surface area contributed by atoms with Gasteiger partial charge in [0.25, 0.3) is 0 Å². The van der Waals surface area contributed by atoms with Crippen LogP contribution in [0.15, 0.2) is 12.4 Å². The Morgan fingerprint density at radius 2 is 2.47 bits per heavy atom. The van der Waals surface area contributed by atoms with Crippen molar-refractivity contribution in [3.63, 3.8) is 0 Å². The molecule has 0 amide bonds. The van der Waals surface area contributed by atoms with Gasteiger partial charge in [-0.05, 0) is 25.5 Å².